The Morgan fingerprint density at radius 3 is 2.95 bits per heavy atom. The summed E-state index contributed by atoms with van der Waals surface area (Å²) in [7, 11) is 1.60. The number of carbonyl (C=O) groups excluding carboxylic acids is 1. The minimum Gasteiger partial charge on any atom is -0.466 e. The maximum Gasteiger partial charge on any atom is 0.493 e. The van der Waals surface area contributed by atoms with Crippen LogP contribution in [0.3, 0.4) is 0 Å². The molecule has 1 fully saturated rings. The zero-order chi connectivity index (χ0) is 14.7. The third kappa shape index (κ3) is 2.86. The van der Waals surface area contributed by atoms with Crippen molar-refractivity contribution in [1.29, 1.82) is 0 Å². The van der Waals surface area contributed by atoms with Crippen LogP contribution in [0.5, 0.6) is 0 Å². The van der Waals surface area contributed by atoms with Crippen molar-refractivity contribution in [2.75, 3.05) is 24.6 Å². The standard InChI is InChI=1S/C11H17N5O4/c1-3-20-9(17)8-5-4-6-15(7-8)11-12-10(16(18)19)13-14(11)2/h8H,3-7H2,1-2H3. The fraction of sp³-hybridized carbons (Fsp3) is 0.727. The highest BCUT2D eigenvalue weighted by atomic mass is 16.6. The molecule has 9 nitrogen and oxygen atoms in total. The molecule has 1 aliphatic rings. The number of nitro groups is 1. The third-order valence-electron chi connectivity index (χ3n) is 3.22. The summed E-state index contributed by atoms with van der Waals surface area (Å²) in [5, 5.41) is 14.4. The van der Waals surface area contributed by atoms with Crippen molar-refractivity contribution in [3.8, 4) is 0 Å². The van der Waals surface area contributed by atoms with Crippen LogP contribution in [-0.2, 0) is 16.6 Å². The van der Waals surface area contributed by atoms with Crippen LogP contribution in [0.25, 0.3) is 0 Å². The average Bonchev–Trinajstić information content (AvgIpc) is 2.81. The highest BCUT2D eigenvalue weighted by molar-refractivity contribution is 5.73. The molecule has 2 rings (SSSR count). The third-order valence-corrected chi connectivity index (χ3v) is 3.22. The van der Waals surface area contributed by atoms with Crippen LogP contribution < -0.4 is 4.90 Å². The van der Waals surface area contributed by atoms with Gasteiger partial charge >= 0.3 is 17.9 Å². The van der Waals surface area contributed by atoms with Gasteiger partial charge in [0.25, 0.3) is 0 Å². The Kier molecular flexibility index (Phi) is 4.16. The van der Waals surface area contributed by atoms with Crippen molar-refractivity contribution in [3.05, 3.63) is 10.1 Å². The van der Waals surface area contributed by atoms with Crippen molar-refractivity contribution in [3.63, 3.8) is 0 Å². The molecule has 1 unspecified atom stereocenters. The van der Waals surface area contributed by atoms with Gasteiger partial charge in [0.1, 0.15) is 0 Å². The van der Waals surface area contributed by atoms with E-state index in [9.17, 15) is 14.9 Å². The predicted octanol–water partition coefficient (Wildman–Crippen LogP) is 0.503. The molecule has 0 saturated carbocycles. The van der Waals surface area contributed by atoms with Gasteiger partial charge in [-0.2, -0.15) is 4.68 Å². The van der Waals surface area contributed by atoms with Gasteiger partial charge in [-0.3, -0.25) is 4.79 Å². The lowest BCUT2D eigenvalue weighted by molar-refractivity contribution is -0.394. The molecule has 0 amide bonds. The number of esters is 1. The van der Waals surface area contributed by atoms with E-state index in [2.05, 4.69) is 10.1 Å². The van der Waals surface area contributed by atoms with E-state index in [0.717, 1.165) is 12.8 Å². The highest BCUT2D eigenvalue weighted by Gasteiger charge is 2.32. The predicted molar refractivity (Wildman–Crippen MR) is 69.2 cm³/mol. The number of rotatable bonds is 4. The minimum absolute atomic E-state index is 0.223. The number of ether oxygens (including phenoxy) is 1. The van der Waals surface area contributed by atoms with Crippen LogP contribution in [0.15, 0.2) is 0 Å². The normalized spacial score (nSPS) is 18.9. The van der Waals surface area contributed by atoms with Gasteiger partial charge in [-0.15, -0.1) is 0 Å². The maximum atomic E-state index is 11.8. The molecule has 110 valence electrons. The van der Waals surface area contributed by atoms with E-state index in [0.29, 0.717) is 25.6 Å². The van der Waals surface area contributed by atoms with Gasteiger partial charge in [-0.1, -0.05) is 0 Å². The van der Waals surface area contributed by atoms with Crippen molar-refractivity contribution < 1.29 is 14.5 Å². The molecule has 1 atom stereocenters. The zero-order valence-electron chi connectivity index (χ0n) is 11.5. The molecule has 0 aliphatic carbocycles. The van der Waals surface area contributed by atoms with Crippen LogP contribution in [0.2, 0.25) is 0 Å². The second kappa shape index (κ2) is 5.85. The lowest BCUT2D eigenvalue weighted by Gasteiger charge is -2.30. The topological polar surface area (TPSA) is 103 Å². The summed E-state index contributed by atoms with van der Waals surface area (Å²) in [5.41, 5.74) is 0. The van der Waals surface area contributed by atoms with E-state index < -0.39 is 10.9 Å². The van der Waals surface area contributed by atoms with Crippen LogP contribution >= 0.6 is 0 Å². The molecule has 1 aromatic heterocycles. The Labute approximate surface area is 115 Å². The first kappa shape index (κ1) is 14.2. The van der Waals surface area contributed by atoms with Crippen molar-refractivity contribution in [1.82, 2.24) is 14.8 Å². The molecule has 1 saturated heterocycles. The second-order valence-electron chi connectivity index (χ2n) is 4.63. The summed E-state index contributed by atoms with van der Waals surface area (Å²) in [6, 6.07) is 0. The Bertz CT molecular complexity index is 515. The van der Waals surface area contributed by atoms with E-state index in [1.54, 1.807) is 14.0 Å². The number of aryl methyl sites for hydroxylation is 1. The average molecular weight is 283 g/mol. The molecular weight excluding hydrogens is 266 g/mol. The number of anilines is 1. The van der Waals surface area contributed by atoms with Crippen LogP contribution in [0.4, 0.5) is 11.9 Å². The zero-order valence-corrected chi connectivity index (χ0v) is 11.5. The number of hydrogen-bond acceptors (Lipinski definition) is 7. The lowest BCUT2D eigenvalue weighted by atomic mass is 9.98. The SMILES string of the molecule is CCOC(=O)C1CCCN(c2nc([N+](=O)[O-])nn2C)C1. The smallest absolute Gasteiger partial charge is 0.466 e. The van der Waals surface area contributed by atoms with Gasteiger partial charge in [-0.05, 0) is 29.7 Å². The van der Waals surface area contributed by atoms with Crippen LogP contribution in [-0.4, -0.2) is 45.4 Å². The van der Waals surface area contributed by atoms with E-state index in [-0.39, 0.29) is 11.9 Å². The van der Waals surface area contributed by atoms with Crippen molar-refractivity contribution >= 4 is 17.9 Å². The highest BCUT2D eigenvalue weighted by Crippen LogP contribution is 2.23. The molecule has 0 aromatic carbocycles. The summed E-state index contributed by atoms with van der Waals surface area (Å²) in [6.45, 7) is 3.26. The second-order valence-corrected chi connectivity index (χ2v) is 4.63. The quantitative estimate of drug-likeness (QED) is 0.450. The lowest BCUT2D eigenvalue weighted by Crippen LogP contribution is -2.40. The Hall–Kier alpha value is -2.19. The fourth-order valence-corrected chi connectivity index (χ4v) is 2.33. The van der Waals surface area contributed by atoms with Gasteiger partial charge in [0.05, 0.1) is 12.5 Å². The van der Waals surface area contributed by atoms with Crippen molar-refractivity contribution in [2.24, 2.45) is 13.0 Å². The maximum absolute atomic E-state index is 11.8. The monoisotopic (exact) mass is 283 g/mol. The van der Waals surface area contributed by atoms with Gasteiger partial charge in [0, 0.05) is 25.2 Å². The number of aromatic nitrogens is 3. The molecule has 0 bridgehead atoms. The van der Waals surface area contributed by atoms with Gasteiger partial charge in [-0.25, -0.2) is 0 Å². The number of carbonyl (C=O) groups is 1. The largest absolute Gasteiger partial charge is 0.493 e. The Morgan fingerprint density at radius 2 is 2.35 bits per heavy atom. The molecule has 1 aromatic rings. The minimum atomic E-state index is -0.629. The summed E-state index contributed by atoms with van der Waals surface area (Å²) in [4.78, 5) is 27.6. The molecule has 2 heterocycles. The van der Waals surface area contributed by atoms with E-state index in [4.69, 9.17) is 4.74 Å². The van der Waals surface area contributed by atoms with Crippen molar-refractivity contribution in [2.45, 2.75) is 19.8 Å². The molecule has 0 radical (unpaired) electrons. The number of nitrogens with zero attached hydrogens (tertiary/aromatic N) is 5. The fourth-order valence-electron chi connectivity index (χ4n) is 2.33. The van der Waals surface area contributed by atoms with E-state index in [1.165, 1.54) is 4.68 Å². The summed E-state index contributed by atoms with van der Waals surface area (Å²) in [5.74, 6) is -0.472. The number of piperidine rings is 1. The van der Waals surface area contributed by atoms with Crippen LogP contribution in [0.1, 0.15) is 19.8 Å². The molecule has 9 heteroatoms. The first-order chi connectivity index (χ1) is 9.52. The number of hydrogen-bond donors (Lipinski definition) is 0. The Morgan fingerprint density at radius 1 is 1.60 bits per heavy atom. The van der Waals surface area contributed by atoms with E-state index >= 15 is 0 Å². The summed E-state index contributed by atoms with van der Waals surface area (Å²) < 4.78 is 6.39. The molecule has 20 heavy (non-hydrogen) atoms. The molecular formula is C11H17N5O4. The van der Waals surface area contributed by atoms with Gasteiger partial charge in [0.2, 0.25) is 0 Å². The summed E-state index contributed by atoms with van der Waals surface area (Å²) in [6.07, 6.45) is 1.57. The Balaban J connectivity index is 2.12. The first-order valence-electron chi connectivity index (χ1n) is 6.50. The van der Waals surface area contributed by atoms with Gasteiger partial charge in [0.15, 0.2) is 0 Å². The van der Waals surface area contributed by atoms with Gasteiger partial charge < -0.3 is 19.8 Å². The molecule has 0 spiro atoms. The summed E-state index contributed by atoms with van der Waals surface area (Å²) >= 11 is 0. The van der Waals surface area contributed by atoms with Crippen LogP contribution in [0, 0.1) is 16.0 Å². The molecule has 0 N–H and O–H groups in total. The molecule has 1 aliphatic heterocycles. The van der Waals surface area contributed by atoms with E-state index in [1.807, 2.05) is 4.90 Å². The first-order valence-corrected chi connectivity index (χ1v) is 6.50.